The summed E-state index contributed by atoms with van der Waals surface area (Å²) in [5.74, 6) is -0.256. The molecule has 0 amide bonds. The van der Waals surface area contributed by atoms with Gasteiger partial charge in [-0.2, -0.15) is 12.8 Å². The smallest absolute Gasteiger partial charge is 0.263 e. The van der Waals surface area contributed by atoms with Crippen LogP contribution in [0.1, 0.15) is 0 Å². The van der Waals surface area contributed by atoms with Crippen molar-refractivity contribution >= 4 is 56.1 Å². The van der Waals surface area contributed by atoms with E-state index in [1.54, 1.807) is 0 Å². The van der Waals surface area contributed by atoms with Crippen molar-refractivity contribution in [2.75, 3.05) is 4.72 Å². The fraction of sp³-hybridized carbons (Fsp3) is 0. The number of rotatable bonds is 3. The molecule has 0 bridgehead atoms. The van der Waals surface area contributed by atoms with E-state index in [4.69, 9.17) is 11.6 Å². The summed E-state index contributed by atoms with van der Waals surface area (Å²) in [5.41, 5.74) is 2.55. The van der Waals surface area contributed by atoms with Crippen LogP contribution in [-0.4, -0.2) is 30.5 Å². The number of nitrogens with zero attached hydrogens (tertiary/aromatic N) is 4. The average Bonchev–Trinajstić information content (AvgIpc) is 2.87. The maximum absolute atomic E-state index is 13.2. The highest BCUT2D eigenvalue weighted by Gasteiger charge is 2.30. The zero-order chi connectivity index (χ0) is 15.9. The molecule has 0 unspecified atom stereocenters. The molecule has 0 saturated carbocycles. The molecule has 0 radical (unpaired) electrons. The summed E-state index contributed by atoms with van der Waals surface area (Å²) in [6.45, 7) is 0. The molecule has 0 spiro atoms. The molecule has 2 aliphatic heterocycles. The first-order valence-corrected chi connectivity index (χ1v) is 8.28. The maximum Gasteiger partial charge on any atom is 0.338 e. The van der Waals surface area contributed by atoms with E-state index >= 15 is 0 Å². The molecule has 0 aromatic heterocycles. The van der Waals surface area contributed by atoms with Crippen LogP contribution in [0.3, 0.4) is 0 Å². The second kappa shape index (κ2) is 5.50. The largest absolute Gasteiger partial charge is 0.338 e. The summed E-state index contributed by atoms with van der Waals surface area (Å²) in [7, 11) is -4.05. The number of hydrazine groups is 2. The standard InChI is InChI=1S/C10H7BrClFN6O2S/c11-7-1-6(13)2-8(12)10(7)16-22(20,21)19-3-9-15-4-14-5-18(9)17-19/h1-5,16-17H. The van der Waals surface area contributed by atoms with Crippen molar-refractivity contribution in [3.8, 4) is 0 Å². The fourth-order valence-corrected chi connectivity index (χ4v) is 3.75. The predicted octanol–water partition coefficient (Wildman–Crippen LogP) is 1.80. The first-order chi connectivity index (χ1) is 10.4. The number of benzene rings is 1. The molecule has 1 aromatic carbocycles. The molecule has 2 aliphatic rings. The maximum atomic E-state index is 13.2. The first kappa shape index (κ1) is 15.2. The highest BCUT2D eigenvalue weighted by molar-refractivity contribution is 9.10. The van der Waals surface area contributed by atoms with Gasteiger partial charge >= 0.3 is 10.2 Å². The van der Waals surface area contributed by atoms with Gasteiger partial charge in [0.15, 0.2) is 5.82 Å². The third-order valence-electron chi connectivity index (χ3n) is 2.62. The molecule has 3 rings (SSSR count). The molecule has 1 aromatic rings. The van der Waals surface area contributed by atoms with Crippen LogP contribution < -0.4 is 10.3 Å². The van der Waals surface area contributed by atoms with E-state index in [0.717, 1.165) is 16.5 Å². The monoisotopic (exact) mass is 408 g/mol. The number of fused-ring (bicyclic) bond motifs is 1. The van der Waals surface area contributed by atoms with E-state index in [1.807, 2.05) is 0 Å². The van der Waals surface area contributed by atoms with Crippen LogP contribution in [0, 0.1) is 5.82 Å². The van der Waals surface area contributed by atoms with Gasteiger partial charge in [-0.3, -0.25) is 4.72 Å². The number of nitrogens with one attached hydrogen (secondary N) is 2. The van der Waals surface area contributed by atoms with Gasteiger partial charge in [-0.1, -0.05) is 11.6 Å². The lowest BCUT2D eigenvalue weighted by molar-refractivity contribution is 0.285. The van der Waals surface area contributed by atoms with Crippen LogP contribution in [0.2, 0.25) is 5.02 Å². The number of hydrogen-bond acceptors (Lipinski definition) is 6. The van der Waals surface area contributed by atoms with Crippen molar-refractivity contribution in [1.29, 1.82) is 0 Å². The SMILES string of the molecule is O=S(=O)(Nc1c(Cl)cc(F)cc1Br)N1C=C2N=CN=CN2N1. The fourth-order valence-electron chi connectivity index (χ4n) is 1.66. The van der Waals surface area contributed by atoms with Gasteiger partial charge < -0.3 is 0 Å². The minimum atomic E-state index is -4.05. The number of aliphatic imine (C=N–C) groups is 2. The lowest BCUT2D eigenvalue weighted by Crippen LogP contribution is -2.45. The number of anilines is 1. The van der Waals surface area contributed by atoms with E-state index in [9.17, 15) is 12.8 Å². The average molecular weight is 410 g/mol. The van der Waals surface area contributed by atoms with Crippen LogP contribution in [0.5, 0.6) is 0 Å². The van der Waals surface area contributed by atoms with Crippen molar-refractivity contribution < 1.29 is 12.8 Å². The molecule has 0 saturated heterocycles. The summed E-state index contributed by atoms with van der Waals surface area (Å²) in [6, 6.07) is 2.10. The molecule has 2 N–H and O–H groups in total. The Labute approximate surface area is 138 Å². The van der Waals surface area contributed by atoms with Crippen molar-refractivity contribution in [3.63, 3.8) is 0 Å². The minimum Gasteiger partial charge on any atom is -0.263 e. The molecular formula is C10H7BrClFN6O2S. The Bertz CT molecular complexity index is 804. The molecule has 0 atom stereocenters. The Morgan fingerprint density at radius 3 is 2.86 bits per heavy atom. The Balaban J connectivity index is 1.88. The molecule has 22 heavy (non-hydrogen) atoms. The van der Waals surface area contributed by atoms with Crippen LogP contribution >= 0.6 is 27.5 Å². The van der Waals surface area contributed by atoms with Gasteiger partial charge in [-0.25, -0.2) is 19.4 Å². The number of hydrogen-bond donors (Lipinski definition) is 2. The lowest BCUT2D eigenvalue weighted by Gasteiger charge is -2.21. The van der Waals surface area contributed by atoms with Crippen LogP contribution in [0.25, 0.3) is 0 Å². The third-order valence-corrected chi connectivity index (χ3v) is 4.71. The highest BCUT2D eigenvalue weighted by Crippen LogP contribution is 2.33. The molecule has 12 heteroatoms. The van der Waals surface area contributed by atoms with E-state index in [-0.39, 0.29) is 15.2 Å². The van der Waals surface area contributed by atoms with Crippen molar-refractivity contribution in [2.45, 2.75) is 0 Å². The summed E-state index contributed by atoms with van der Waals surface area (Å²) in [6.07, 6.45) is 3.88. The predicted molar refractivity (Wildman–Crippen MR) is 83.5 cm³/mol. The zero-order valence-electron chi connectivity index (χ0n) is 10.5. The highest BCUT2D eigenvalue weighted by atomic mass is 79.9. The Hall–Kier alpha value is -1.69. The van der Waals surface area contributed by atoms with Gasteiger partial charge in [0, 0.05) is 4.47 Å². The molecule has 0 fully saturated rings. The van der Waals surface area contributed by atoms with E-state index in [1.165, 1.54) is 23.9 Å². The molecular weight excluding hydrogens is 403 g/mol. The van der Waals surface area contributed by atoms with Crippen molar-refractivity contribution in [3.05, 3.63) is 39.5 Å². The van der Waals surface area contributed by atoms with Crippen LogP contribution in [0.4, 0.5) is 10.1 Å². The van der Waals surface area contributed by atoms with E-state index in [2.05, 4.69) is 36.2 Å². The molecule has 116 valence electrons. The normalized spacial score (nSPS) is 16.8. The topological polar surface area (TPSA) is 89.4 Å². The second-order valence-electron chi connectivity index (χ2n) is 4.11. The lowest BCUT2D eigenvalue weighted by atomic mass is 10.3. The van der Waals surface area contributed by atoms with E-state index in [0.29, 0.717) is 5.82 Å². The summed E-state index contributed by atoms with van der Waals surface area (Å²) < 4.78 is 41.1. The summed E-state index contributed by atoms with van der Waals surface area (Å²) in [4.78, 5) is 7.64. The second-order valence-corrected chi connectivity index (χ2v) is 6.92. The van der Waals surface area contributed by atoms with Gasteiger partial charge in [0.1, 0.15) is 18.5 Å². The summed E-state index contributed by atoms with van der Waals surface area (Å²) >= 11 is 8.92. The van der Waals surface area contributed by atoms with Crippen molar-refractivity contribution in [2.24, 2.45) is 9.98 Å². The number of halogens is 3. The third kappa shape index (κ3) is 2.79. The Morgan fingerprint density at radius 2 is 2.18 bits per heavy atom. The minimum absolute atomic E-state index is 0.0188. The van der Waals surface area contributed by atoms with E-state index < -0.39 is 16.0 Å². The zero-order valence-corrected chi connectivity index (χ0v) is 13.7. The van der Waals surface area contributed by atoms with Gasteiger partial charge in [0.2, 0.25) is 0 Å². The molecule has 2 heterocycles. The molecule has 8 nitrogen and oxygen atoms in total. The van der Waals surface area contributed by atoms with Gasteiger partial charge in [0.05, 0.1) is 16.9 Å². The van der Waals surface area contributed by atoms with Crippen LogP contribution in [-0.2, 0) is 10.2 Å². The van der Waals surface area contributed by atoms with Gasteiger partial charge in [-0.15, -0.1) is 5.53 Å². The van der Waals surface area contributed by atoms with Crippen molar-refractivity contribution in [1.82, 2.24) is 15.0 Å². The first-order valence-electron chi connectivity index (χ1n) is 5.67. The Kier molecular flexibility index (Phi) is 3.80. The van der Waals surface area contributed by atoms with Gasteiger partial charge in [-0.05, 0) is 28.1 Å². The van der Waals surface area contributed by atoms with Gasteiger partial charge in [0.25, 0.3) is 0 Å². The molecule has 0 aliphatic carbocycles. The summed E-state index contributed by atoms with van der Waals surface area (Å²) in [5, 5.41) is 1.22. The Morgan fingerprint density at radius 1 is 1.41 bits per heavy atom. The van der Waals surface area contributed by atoms with Crippen LogP contribution in [0.15, 0.2) is 38.6 Å². The quantitative estimate of drug-likeness (QED) is 0.797.